The van der Waals surface area contributed by atoms with Crippen molar-refractivity contribution in [2.75, 3.05) is 28.7 Å². The third-order valence-corrected chi connectivity index (χ3v) is 4.98. The average Bonchev–Trinajstić information content (AvgIpc) is 2.69. The Hall–Kier alpha value is -2.57. The molecule has 25 heavy (non-hydrogen) atoms. The summed E-state index contributed by atoms with van der Waals surface area (Å²) in [6.45, 7) is 1.35. The van der Waals surface area contributed by atoms with Crippen LogP contribution in [0.15, 0.2) is 60.9 Å². The summed E-state index contributed by atoms with van der Waals surface area (Å²) in [4.78, 5) is 16.6. The standard InChI is InChI=1S/C19H17N3O2S/c23-19(21-17-4-1-14-7-8-20-12-16(14)11-17)15-2-5-18(6-3-15)22-13-24-9-10-25-22/h1-8,11-12H,9-10,13H2,(H,21,23). The molecule has 0 bridgehead atoms. The molecule has 0 atom stereocenters. The van der Waals surface area contributed by atoms with E-state index < -0.39 is 0 Å². The molecular formula is C19H17N3O2S. The van der Waals surface area contributed by atoms with Crippen molar-refractivity contribution in [2.24, 2.45) is 0 Å². The number of amides is 1. The zero-order valence-electron chi connectivity index (χ0n) is 13.5. The highest BCUT2D eigenvalue weighted by atomic mass is 32.2. The van der Waals surface area contributed by atoms with Crippen LogP contribution < -0.4 is 9.62 Å². The van der Waals surface area contributed by atoms with Gasteiger partial charge in [-0.3, -0.25) is 14.1 Å². The summed E-state index contributed by atoms with van der Waals surface area (Å²) in [6.07, 6.45) is 3.55. The highest BCUT2D eigenvalue weighted by molar-refractivity contribution is 8.00. The Labute approximate surface area is 150 Å². The Morgan fingerprint density at radius 1 is 1.12 bits per heavy atom. The maximum Gasteiger partial charge on any atom is 0.255 e. The number of carbonyl (C=O) groups is 1. The van der Waals surface area contributed by atoms with E-state index in [4.69, 9.17) is 4.74 Å². The SMILES string of the molecule is O=C(Nc1ccc2ccncc2c1)c1ccc(N2COCCS2)cc1. The Morgan fingerprint density at radius 2 is 2.00 bits per heavy atom. The number of benzene rings is 2. The molecule has 0 aliphatic carbocycles. The van der Waals surface area contributed by atoms with Gasteiger partial charge in [0.1, 0.15) is 6.73 Å². The Kier molecular flexibility index (Phi) is 4.54. The highest BCUT2D eigenvalue weighted by Gasteiger charge is 2.13. The number of rotatable bonds is 3. The fourth-order valence-electron chi connectivity index (χ4n) is 2.69. The van der Waals surface area contributed by atoms with Crippen LogP contribution in [0, 0.1) is 0 Å². The van der Waals surface area contributed by atoms with E-state index in [-0.39, 0.29) is 5.91 Å². The molecule has 0 unspecified atom stereocenters. The van der Waals surface area contributed by atoms with E-state index in [0.717, 1.165) is 34.5 Å². The van der Waals surface area contributed by atoms with Crippen molar-refractivity contribution in [3.8, 4) is 0 Å². The number of nitrogens with one attached hydrogen (secondary N) is 1. The number of carbonyl (C=O) groups excluding carboxylic acids is 1. The molecule has 1 aliphatic rings. The fourth-order valence-corrected chi connectivity index (χ4v) is 3.52. The van der Waals surface area contributed by atoms with Gasteiger partial charge in [0, 0.05) is 40.5 Å². The zero-order chi connectivity index (χ0) is 17.1. The molecule has 0 radical (unpaired) electrons. The number of fused-ring (bicyclic) bond motifs is 1. The number of ether oxygens (including phenoxy) is 1. The van der Waals surface area contributed by atoms with Crippen molar-refractivity contribution in [3.05, 3.63) is 66.5 Å². The molecule has 0 saturated carbocycles. The van der Waals surface area contributed by atoms with Crippen molar-refractivity contribution in [3.63, 3.8) is 0 Å². The summed E-state index contributed by atoms with van der Waals surface area (Å²) < 4.78 is 7.53. The molecule has 1 aliphatic heterocycles. The van der Waals surface area contributed by atoms with E-state index in [2.05, 4.69) is 14.6 Å². The molecule has 1 fully saturated rings. The summed E-state index contributed by atoms with van der Waals surface area (Å²) in [5.41, 5.74) is 2.42. The molecule has 1 N–H and O–H groups in total. The third kappa shape index (κ3) is 3.60. The maximum absolute atomic E-state index is 12.5. The van der Waals surface area contributed by atoms with Gasteiger partial charge in [-0.2, -0.15) is 0 Å². The minimum atomic E-state index is -0.127. The number of aromatic nitrogens is 1. The Morgan fingerprint density at radius 3 is 2.80 bits per heavy atom. The molecule has 1 amide bonds. The lowest BCUT2D eigenvalue weighted by molar-refractivity contribution is 0.102. The van der Waals surface area contributed by atoms with E-state index in [0.29, 0.717) is 12.3 Å². The second kappa shape index (κ2) is 7.13. The van der Waals surface area contributed by atoms with Crippen LogP contribution in [0.3, 0.4) is 0 Å². The van der Waals surface area contributed by atoms with Gasteiger partial charge >= 0.3 is 0 Å². The summed E-state index contributed by atoms with van der Waals surface area (Å²) in [5, 5.41) is 5.03. The molecule has 3 aromatic rings. The average molecular weight is 351 g/mol. The van der Waals surface area contributed by atoms with Crippen molar-refractivity contribution in [1.82, 2.24) is 4.98 Å². The minimum absolute atomic E-state index is 0.127. The molecule has 2 aromatic carbocycles. The lowest BCUT2D eigenvalue weighted by atomic mass is 10.1. The fraction of sp³-hybridized carbons (Fsp3) is 0.158. The first-order valence-corrected chi connectivity index (χ1v) is 8.97. The van der Waals surface area contributed by atoms with E-state index in [1.807, 2.05) is 48.5 Å². The predicted octanol–water partition coefficient (Wildman–Crippen LogP) is 3.93. The summed E-state index contributed by atoms with van der Waals surface area (Å²) in [5.74, 6) is 0.816. The van der Waals surface area contributed by atoms with Crippen LogP contribution in [0.25, 0.3) is 10.8 Å². The first-order valence-electron chi connectivity index (χ1n) is 8.03. The van der Waals surface area contributed by atoms with Gasteiger partial charge in [-0.15, -0.1) is 0 Å². The third-order valence-electron chi connectivity index (χ3n) is 4.00. The van der Waals surface area contributed by atoms with Crippen LogP contribution >= 0.6 is 11.9 Å². The topological polar surface area (TPSA) is 54.5 Å². The smallest absolute Gasteiger partial charge is 0.255 e. The Bertz CT molecular complexity index is 893. The van der Waals surface area contributed by atoms with Crippen LogP contribution in [0.2, 0.25) is 0 Å². The maximum atomic E-state index is 12.5. The number of pyridine rings is 1. The van der Waals surface area contributed by atoms with Crippen LogP contribution in [-0.4, -0.2) is 30.0 Å². The van der Waals surface area contributed by atoms with E-state index in [1.54, 1.807) is 24.3 Å². The first-order chi connectivity index (χ1) is 12.3. The van der Waals surface area contributed by atoms with Crippen molar-refractivity contribution < 1.29 is 9.53 Å². The highest BCUT2D eigenvalue weighted by Crippen LogP contribution is 2.25. The molecule has 6 heteroatoms. The van der Waals surface area contributed by atoms with Gasteiger partial charge in [0.25, 0.3) is 5.91 Å². The van der Waals surface area contributed by atoms with Gasteiger partial charge in [-0.1, -0.05) is 6.07 Å². The van der Waals surface area contributed by atoms with Gasteiger partial charge in [0.2, 0.25) is 0 Å². The molecule has 0 spiro atoms. The molecule has 1 saturated heterocycles. The Balaban J connectivity index is 1.48. The number of anilines is 2. The normalized spacial score (nSPS) is 14.5. The molecular weight excluding hydrogens is 334 g/mol. The molecule has 126 valence electrons. The second-order valence-corrected chi connectivity index (χ2v) is 6.79. The van der Waals surface area contributed by atoms with Crippen LogP contribution in [-0.2, 0) is 4.74 Å². The van der Waals surface area contributed by atoms with Gasteiger partial charge in [-0.05, 0) is 59.8 Å². The van der Waals surface area contributed by atoms with Crippen molar-refractivity contribution in [1.29, 1.82) is 0 Å². The quantitative estimate of drug-likeness (QED) is 0.725. The van der Waals surface area contributed by atoms with Gasteiger partial charge in [0.05, 0.1) is 6.61 Å². The lowest BCUT2D eigenvalue weighted by Gasteiger charge is -2.27. The van der Waals surface area contributed by atoms with Gasteiger partial charge < -0.3 is 10.1 Å². The van der Waals surface area contributed by atoms with Crippen molar-refractivity contribution in [2.45, 2.75) is 0 Å². The van der Waals surface area contributed by atoms with E-state index in [1.165, 1.54) is 0 Å². The molecule has 5 nitrogen and oxygen atoms in total. The summed E-state index contributed by atoms with van der Waals surface area (Å²) in [6, 6.07) is 15.3. The second-order valence-electron chi connectivity index (χ2n) is 5.69. The largest absolute Gasteiger partial charge is 0.359 e. The monoisotopic (exact) mass is 351 g/mol. The number of nitrogens with zero attached hydrogens (tertiary/aromatic N) is 2. The number of hydrogen-bond donors (Lipinski definition) is 1. The van der Waals surface area contributed by atoms with Gasteiger partial charge in [0.15, 0.2) is 0 Å². The van der Waals surface area contributed by atoms with E-state index in [9.17, 15) is 4.79 Å². The summed E-state index contributed by atoms with van der Waals surface area (Å²) in [7, 11) is 0. The minimum Gasteiger partial charge on any atom is -0.359 e. The lowest BCUT2D eigenvalue weighted by Crippen LogP contribution is -2.25. The zero-order valence-corrected chi connectivity index (χ0v) is 14.3. The van der Waals surface area contributed by atoms with Crippen LogP contribution in [0.4, 0.5) is 11.4 Å². The number of hydrogen-bond acceptors (Lipinski definition) is 5. The summed E-state index contributed by atoms with van der Waals surface area (Å²) >= 11 is 1.74. The molecule has 2 heterocycles. The van der Waals surface area contributed by atoms with Crippen molar-refractivity contribution >= 4 is 40.0 Å². The van der Waals surface area contributed by atoms with Crippen LogP contribution in [0.1, 0.15) is 10.4 Å². The molecule has 1 aromatic heterocycles. The molecule has 4 rings (SSSR count). The van der Waals surface area contributed by atoms with Gasteiger partial charge in [-0.25, -0.2) is 0 Å². The first kappa shape index (κ1) is 15.9. The predicted molar refractivity (Wildman–Crippen MR) is 102 cm³/mol. The van der Waals surface area contributed by atoms with Crippen LogP contribution in [0.5, 0.6) is 0 Å². The van der Waals surface area contributed by atoms with E-state index >= 15 is 0 Å².